The largest absolute Gasteiger partial charge is 0.460 e. The van der Waals surface area contributed by atoms with Gasteiger partial charge in [-0.05, 0) is 17.7 Å². The van der Waals surface area contributed by atoms with E-state index in [-0.39, 0.29) is 19.2 Å². The van der Waals surface area contributed by atoms with Crippen molar-refractivity contribution in [3.05, 3.63) is 71.8 Å². The lowest BCUT2D eigenvalue weighted by molar-refractivity contribution is -0.0287. The van der Waals surface area contributed by atoms with Crippen molar-refractivity contribution < 1.29 is 75.9 Å². The Kier molecular flexibility index (Phi) is 35.5. The highest BCUT2D eigenvalue weighted by molar-refractivity contribution is 5.89. The van der Waals surface area contributed by atoms with Crippen molar-refractivity contribution in [1.82, 2.24) is 5.32 Å². The highest BCUT2D eigenvalue weighted by Crippen LogP contribution is 2.01. The Hall–Kier alpha value is -3.30. The van der Waals surface area contributed by atoms with E-state index in [2.05, 4.69) is 5.32 Å². The number of esters is 1. The van der Waals surface area contributed by atoms with E-state index in [1.165, 1.54) is 0 Å². The van der Waals surface area contributed by atoms with Crippen molar-refractivity contribution in [3.63, 3.8) is 0 Å². The third-order valence-electron chi connectivity index (χ3n) is 7.29. The minimum Gasteiger partial charge on any atom is -0.460 e. The number of carbonyl (C=O) groups is 2. The van der Waals surface area contributed by atoms with Gasteiger partial charge in [0.25, 0.3) is 0 Å². The molecule has 0 unspecified atom stereocenters. The smallest absolute Gasteiger partial charge is 0.407 e. The van der Waals surface area contributed by atoms with Crippen LogP contribution in [0.2, 0.25) is 0 Å². The average Bonchev–Trinajstić information content (AvgIpc) is 3.25. The lowest BCUT2D eigenvalue weighted by Gasteiger charge is -2.09. The Morgan fingerprint density at radius 2 is 0.638 bits per heavy atom. The molecule has 0 saturated heterocycles. The molecule has 0 spiro atoms. The van der Waals surface area contributed by atoms with Crippen LogP contribution in [-0.4, -0.2) is 184 Å². The van der Waals surface area contributed by atoms with E-state index < -0.39 is 6.09 Å². The molecule has 17 heteroatoms. The van der Waals surface area contributed by atoms with Crippen molar-refractivity contribution in [2.24, 2.45) is 0 Å². The second-order valence-corrected chi connectivity index (χ2v) is 11.8. The Morgan fingerprint density at radius 3 is 0.983 bits per heavy atom. The molecule has 0 aliphatic rings. The molecule has 0 atom stereocenters. The molecule has 0 heterocycles. The van der Waals surface area contributed by atoms with Crippen molar-refractivity contribution >= 4 is 12.1 Å². The van der Waals surface area contributed by atoms with E-state index in [0.29, 0.717) is 171 Å². The summed E-state index contributed by atoms with van der Waals surface area (Å²) in [5.41, 5.74) is 1.45. The summed E-state index contributed by atoms with van der Waals surface area (Å²) >= 11 is 0. The van der Waals surface area contributed by atoms with Crippen LogP contribution in [0.4, 0.5) is 4.79 Å². The van der Waals surface area contributed by atoms with Gasteiger partial charge in [-0.25, -0.2) is 9.59 Å². The molecule has 0 aromatic heterocycles. The van der Waals surface area contributed by atoms with Gasteiger partial charge in [-0.15, -0.1) is 0 Å². The zero-order valence-electron chi connectivity index (χ0n) is 33.9. The molecule has 0 radical (unpaired) electrons. The lowest BCUT2D eigenvalue weighted by atomic mass is 10.2. The number of benzene rings is 2. The predicted octanol–water partition coefficient (Wildman–Crippen LogP) is 2.97. The van der Waals surface area contributed by atoms with Gasteiger partial charge in [-0.2, -0.15) is 0 Å². The Labute approximate surface area is 343 Å². The fourth-order valence-corrected chi connectivity index (χ4v) is 4.37. The summed E-state index contributed by atoms with van der Waals surface area (Å²) in [7, 11) is 0. The van der Waals surface area contributed by atoms with Crippen LogP contribution in [0.25, 0.3) is 0 Å². The molecular weight excluding hydrogens is 762 g/mol. The first-order valence-electron chi connectivity index (χ1n) is 19.9. The number of nitrogens with one attached hydrogen (secondary N) is 1. The molecule has 58 heavy (non-hydrogen) atoms. The molecule has 1 N–H and O–H groups in total. The van der Waals surface area contributed by atoms with E-state index >= 15 is 0 Å². The van der Waals surface area contributed by atoms with E-state index in [9.17, 15) is 9.59 Å². The summed E-state index contributed by atoms with van der Waals surface area (Å²) in [6.45, 7) is 11.7. The van der Waals surface area contributed by atoms with Gasteiger partial charge >= 0.3 is 12.1 Å². The first kappa shape index (κ1) is 50.8. The molecule has 0 aliphatic carbocycles. The zero-order chi connectivity index (χ0) is 41.1. The van der Waals surface area contributed by atoms with Gasteiger partial charge in [-0.3, -0.25) is 0 Å². The summed E-state index contributed by atoms with van der Waals surface area (Å²) in [6, 6.07) is 18.3. The number of amides is 1. The first-order valence-corrected chi connectivity index (χ1v) is 19.9. The minimum atomic E-state index is -0.474. The first-order chi connectivity index (χ1) is 28.8. The van der Waals surface area contributed by atoms with Gasteiger partial charge in [0.05, 0.1) is 164 Å². The maximum Gasteiger partial charge on any atom is 0.407 e. The van der Waals surface area contributed by atoms with Crippen LogP contribution < -0.4 is 5.32 Å². The molecule has 2 aromatic rings. The number of rotatable bonds is 42. The molecule has 0 bridgehead atoms. The van der Waals surface area contributed by atoms with Crippen LogP contribution in [0.15, 0.2) is 60.7 Å². The van der Waals surface area contributed by atoms with Gasteiger partial charge in [0.1, 0.15) is 13.2 Å². The summed E-state index contributed by atoms with van der Waals surface area (Å²) in [6.07, 6.45) is -0.474. The molecule has 0 aliphatic heterocycles. The maximum absolute atomic E-state index is 11.8. The summed E-state index contributed by atoms with van der Waals surface area (Å²) in [5.74, 6) is -0.361. The van der Waals surface area contributed by atoms with Crippen LogP contribution in [0, 0.1) is 0 Å². The van der Waals surface area contributed by atoms with E-state index in [0.717, 1.165) is 5.56 Å². The van der Waals surface area contributed by atoms with Crippen LogP contribution in [0.3, 0.4) is 0 Å². The number of ether oxygens (including phenoxy) is 14. The average molecular weight is 828 g/mol. The van der Waals surface area contributed by atoms with Gasteiger partial charge in [0.15, 0.2) is 0 Å². The highest BCUT2D eigenvalue weighted by Gasteiger charge is 2.05. The Balaban J connectivity index is 1.13. The third-order valence-corrected chi connectivity index (χ3v) is 7.29. The van der Waals surface area contributed by atoms with E-state index in [1.54, 1.807) is 24.3 Å². The molecule has 2 aromatic carbocycles. The van der Waals surface area contributed by atoms with Crippen molar-refractivity contribution in [1.29, 1.82) is 0 Å². The fraction of sp³-hybridized carbons (Fsp3) is 0.659. The standard InChI is InChI=1S/C41H65NO16/c43-40(39-9-5-2-6-10-39)57-36-35-56-34-33-55-32-31-54-30-29-53-28-27-52-26-25-51-24-23-50-22-21-49-20-19-48-18-17-47-16-15-46-14-13-45-12-11-42-41(44)58-37-38-7-3-1-4-8-38/h1-10H,11-37H2,(H,42,44). The minimum absolute atomic E-state index is 0.195. The van der Waals surface area contributed by atoms with Crippen LogP contribution in [0.5, 0.6) is 0 Å². The fourth-order valence-electron chi connectivity index (χ4n) is 4.37. The second-order valence-electron chi connectivity index (χ2n) is 11.8. The Bertz CT molecular complexity index is 1180. The third kappa shape index (κ3) is 33.6. The van der Waals surface area contributed by atoms with Crippen LogP contribution in [-0.2, 0) is 72.9 Å². The van der Waals surface area contributed by atoms with Crippen molar-refractivity contribution in [3.8, 4) is 0 Å². The molecule has 2 rings (SSSR count). The van der Waals surface area contributed by atoms with Gasteiger partial charge in [-0.1, -0.05) is 48.5 Å². The number of hydrogen-bond donors (Lipinski definition) is 1. The van der Waals surface area contributed by atoms with Gasteiger partial charge < -0.3 is 71.6 Å². The lowest BCUT2D eigenvalue weighted by Crippen LogP contribution is -2.28. The van der Waals surface area contributed by atoms with Crippen LogP contribution in [0.1, 0.15) is 15.9 Å². The summed E-state index contributed by atoms with van der Waals surface area (Å²) in [4.78, 5) is 23.5. The zero-order valence-corrected chi connectivity index (χ0v) is 33.9. The number of hydrogen-bond acceptors (Lipinski definition) is 16. The second kappa shape index (κ2) is 40.5. The van der Waals surface area contributed by atoms with Gasteiger partial charge in [0, 0.05) is 6.54 Å². The van der Waals surface area contributed by atoms with E-state index in [4.69, 9.17) is 66.3 Å². The summed E-state index contributed by atoms with van der Waals surface area (Å²) in [5, 5.41) is 2.64. The maximum atomic E-state index is 11.8. The Morgan fingerprint density at radius 1 is 0.345 bits per heavy atom. The van der Waals surface area contributed by atoms with Crippen LogP contribution >= 0.6 is 0 Å². The number of alkyl carbamates (subject to hydrolysis) is 1. The number of carbonyl (C=O) groups excluding carboxylic acids is 2. The summed E-state index contributed by atoms with van der Waals surface area (Å²) < 4.78 is 75.9. The monoisotopic (exact) mass is 827 g/mol. The van der Waals surface area contributed by atoms with Crippen molar-refractivity contribution in [2.45, 2.75) is 6.61 Å². The van der Waals surface area contributed by atoms with Gasteiger partial charge in [0.2, 0.25) is 0 Å². The van der Waals surface area contributed by atoms with E-state index in [1.807, 2.05) is 36.4 Å². The topological polar surface area (TPSA) is 175 Å². The molecule has 1 amide bonds. The molecule has 0 saturated carbocycles. The molecule has 17 nitrogen and oxygen atoms in total. The molecular formula is C41H65NO16. The van der Waals surface area contributed by atoms with Crippen molar-refractivity contribution in [2.75, 3.05) is 172 Å². The SMILES string of the molecule is O=C(NCCOCCOCCOCCOCCOCCOCCOCCOCCOCCOCCOCCOCCOC(=O)c1ccccc1)OCc1ccccc1. The predicted molar refractivity (Wildman–Crippen MR) is 211 cm³/mol. The highest BCUT2D eigenvalue weighted by atomic mass is 16.6. The normalized spacial score (nSPS) is 11.2. The molecule has 0 fully saturated rings. The quantitative estimate of drug-likeness (QED) is 0.0764. The molecule has 330 valence electrons.